The summed E-state index contributed by atoms with van der Waals surface area (Å²) in [6.07, 6.45) is 2.76. The lowest BCUT2D eigenvalue weighted by molar-refractivity contribution is -0.385. The van der Waals surface area contributed by atoms with Gasteiger partial charge in [-0.1, -0.05) is 0 Å². The number of carbonyl (C=O) groups is 2. The molecule has 0 aromatic heterocycles. The Kier molecular flexibility index (Phi) is 4.46. The van der Waals surface area contributed by atoms with Crippen LogP contribution in [-0.2, 0) is 9.59 Å². The number of likely N-dealkylation sites (tertiary alicyclic amines) is 1. The van der Waals surface area contributed by atoms with E-state index in [0.29, 0.717) is 25.9 Å². The van der Waals surface area contributed by atoms with Crippen molar-refractivity contribution >= 4 is 17.6 Å². The van der Waals surface area contributed by atoms with Crippen LogP contribution in [0.4, 0.5) is 10.1 Å². The van der Waals surface area contributed by atoms with Crippen LogP contribution in [0.3, 0.4) is 0 Å². The van der Waals surface area contributed by atoms with Gasteiger partial charge in [0, 0.05) is 31.1 Å². The highest BCUT2D eigenvalue weighted by Crippen LogP contribution is 2.33. The minimum absolute atomic E-state index is 0.141. The van der Waals surface area contributed by atoms with E-state index in [1.165, 1.54) is 0 Å². The third-order valence-electron chi connectivity index (χ3n) is 4.40. The van der Waals surface area contributed by atoms with E-state index in [9.17, 15) is 24.1 Å². The lowest BCUT2D eigenvalue weighted by Gasteiger charge is -2.31. The van der Waals surface area contributed by atoms with E-state index in [1.54, 1.807) is 4.90 Å². The van der Waals surface area contributed by atoms with Gasteiger partial charge in [0.1, 0.15) is 5.82 Å². The van der Waals surface area contributed by atoms with Crippen molar-refractivity contribution in [3.63, 3.8) is 0 Å². The first-order chi connectivity index (χ1) is 11.5. The highest BCUT2D eigenvalue weighted by Gasteiger charge is 2.36. The van der Waals surface area contributed by atoms with E-state index in [1.807, 2.05) is 0 Å². The molecule has 2 aliphatic rings. The zero-order chi connectivity index (χ0) is 17.3. The van der Waals surface area contributed by atoms with Gasteiger partial charge >= 0.3 is 11.7 Å². The summed E-state index contributed by atoms with van der Waals surface area (Å²) in [5.41, 5.74) is -0.453. The highest BCUT2D eigenvalue weighted by atomic mass is 19.1. The monoisotopic (exact) mass is 336 g/mol. The number of benzene rings is 1. The molecule has 1 heterocycles. The molecular formula is C16H17FN2O5. The molecule has 24 heavy (non-hydrogen) atoms. The Morgan fingerprint density at radius 1 is 1.17 bits per heavy atom. The van der Waals surface area contributed by atoms with Gasteiger partial charge in [-0.25, -0.2) is 4.39 Å². The van der Waals surface area contributed by atoms with Gasteiger partial charge < -0.3 is 9.64 Å². The summed E-state index contributed by atoms with van der Waals surface area (Å²) >= 11 is 0. The molecule has 1 aliphatic heterocycles. The summed E-state index contributed by atoms with van der Waals surface area (Å²) in [4.78, 5) is 36.1. The Hall–Kier alpha value is -2.51. The number of ether oxygens (including phenoxy) is 1. The predicted octanol–water partition coefficient (Wildman–Crippen LogP) is 2.29. The van der Waals surface area contributed by atoms with Crippen LogP contribution in [-0.4, -0.2) is 34.8 Å². The number of halogens is 1. The molecule has 2 fully saturated rings. The molecule has 8 heteroatoms. The van der Waals surface area contributed by atoms with Gasteiger partial charge in [-0.2, -0.15) is 0 Å². The van der Waals surface area contributed by atoms with Crippen LogP contribution in [0.1, 0.15) is 25.7 Å². The molecule has 0 radical (unpaired) electrons. The van der Waals surface area contributed by atoms with Gasteiger partial charge in [-0.3, -0.25) is 19.7 Å². The molecule has 7 nitrogen and oxygen atoms in total. The molecule has 1 aliphatic carbocycles. The second-order valence-corrected chi connectivity index (χ2v) is 6.16. The largest absolute Gasteiger partial charge is 0.419 e. The van der Waals surface area contributed by atoms with Gasteiger partial charge in [-0.15, -0.1) is 0 Å². The Labute approximate surface area is 137 Å². The van der Waals surface area contributed by atoms with Crippen LogP contribution in [0.2, 0.25) is 0 Å². The molecular weight excluding hydrogens is 319 g/mol. The fourth-order valence-corrected chi connectivity index (χ4v) is 2.84. The number of amides is 1. The molecule has 0 bridgehead atoms. The number of hydrogen-bond donors (Lipinski definition) is 0. The van der Waals surface area contributed by atoms with Crippen molar-refractivity contribution in [2.45, 2.75) is 25.7 Å². The van der Waals surface area contributed by atoms with Crippen LogP contribution in [0.25, 0.3) is 0 Å². The first-order valence-electron chi connectivity index (χ1n) is 7.90. The fraction of sp³-hybridized carbons (Fsp3) is 0.500. The first-order valence-corrected chi connectivity index (χ1v) is 7.90. The van der Waals surface area contributed by atoms with Crippen LogP contribution < -0.4 is 4.74 Å². The van der Waals surface area contributed by atoms with Crippen molar-refractivity contribution in [3.8, 4) is 5.75 Å². The van der Waals surface area contributed by atoms with Crippen molar-refractivity contribution in [1.29, 1.82) is 0 Å². The zero-order valence-corrected chi connectivity index (χ0v) is 12.9. The average molecular weight is 336 g/mol. The maximum absolute atomic E-state index is 13.3. The highest BCUT2D eigenvalue weighted by molar-refractivity contribution is 5.82. The van der Waals surface area contributed by atoms with Gasteiger partial charge in [0.05, 0.1) is 10.8 Å². The first kappa shape index (κ1) is 16.4. The summed E-state index contributed by atoms with van der Waals surface area (Å²) < 4.78 is 18.3. The second kappa shape index (κ2) is 6.54. The SMILES string of the molecule is O=C(Oc1cc(F)ccc1[N+](=O)[O-])C1CCN(C(=O)C2CC2)CC1. The normalized spacial score (nSPS) is 18.3. The Balaban J connectivity index is 1.61. The quantitative estimate of drug-likeness (QED) is 0.364. The molecule has 0 unspecified atom stereocenters. The van der Waals surface area contributed by atoms with Crippen molar-refractivity contribution in [3.05, 3.63) is 34.1 Å². The van der Waals surface area contributed by atoms with E-state index in [0.717, 1.165) is 31.0 Å². The van der Waals surface area contributed by atoms with Crippen molar-refractivity contribution in [1.82, 2.24) is 4.90 Å². The molecule has 1 saturated carbocycles. The van der Waals surface area contributed by atoms with Crippen LogP contribution in [0, 0.1) is 27.8 Å². The molecule has 1 saturated heterocycles. The molecule has 0 N–H and O–H groups in total. The van der Waals surface area contributed by atoms with E-state index >= 15 is 0 Å². The topological polar surface area (TPSA) is 89.8 Å². The zero-order valence-electron chi connectivity index (χ0n) is 12.9. The molecule has 3 rings (SSSR count). The third-order valence-corrected chi connectivity index (χ3v) is 4.40. The molecule has 0 spiro atoms. The number of carbonyl (C=O) groups excluding carboxylic acids is 2. The molecule has 1 aromatic rings. The second-order valence-electron chi connectivity index (χ2n) is 6.16. The Morgan fingerprint density at radius 3 is 2.42 bits per heavy atom. The van der Waals surface area contributed by atoms with E-state index in [2.05, 4.69) is 0 Å². The lowest BCUT2D eigenvalue weighted by Crippen LogP contribution is -2.41. The summed E-state index contributed by atoms with van der Waals surface area (Å²) in [6.45, 7) is 0.945. The van der Waals surface area contributed by atoms with Crippen molar-refractivity contribution in [2.24, 2.45) is 11.8 Å². The minimum atomic E-state index is -0.723. The standard InChI is InChI=1S/C16H17FN2O5/c17-12-3-4-13(19(22)23)14(9-12)24-16(21)11-5-7-18(8-6-11)15(20)10-1-2-10/h3-4,9-11H,1-2,5-8H2. The van der Waals surface area contributed by atoms with Gasteiger partial charge in [0.15, 0.2) is 0 Å². The van der Waals surface area contributed by atoms with Crippen molar-refractivity contribution in [2.75, 3.05) is 13.1 Å². The lowest BCUT2D eigenvalue weighted by atomic mass is 9.96. The van der Waals surface area contributed by atoms with Crippen LogP contribution in [0.15, 0.2) is 18.2 Å². The van der Waals surface area contributed by atoms with Gasteiger partial charge in [-0.05, 0) is 31.7 Å². The molecule has 1 amide bonds. The minimum Gasteiger partial charge on any atom is -0.419 e. The summed E-state index contributed by atoms with van der Waals surface area (Å²) in [5, 5.41) is 10.9. The number of piperidine rings is 1. The van der Waals surface area contributed by atoms with Crippen LogP contribution >= 0.6 is 0 Å². The fourth-order valence-electron chi connectivity index (χ4n) is 2.84. The molecule has 128 valence electrons. The molecule has 1 aromatic carbocycles. The number of hydrogen-bond acceptors (Lipinski definition) is 5. The summed E-state index contributed by atoms with van der Waals surface area (Å²) in [5.74, 6) is -1.89. The number of nitro benzene ring substituents is 1. The maximum atomic E-state index is 13.3. The van der Waals surface area contributed by atoms with E-state index < -0.39 is 28.3 Å². The van der Waals surface area contributed by atoms with E-state index in [4.69, 9.17) is 4.74 Å². The summed E-state index contributed by atoms with van der Waals surface area (Å²) in [6, 6.07) is 2.74. The van der Waals surface area contributed by atoms with E-state index in [-0.39, 0.29) is 17.6 Å². The maximum Gasteiger partial charge on any atom is 0.314 e. The molecule has 0 atom stereocenters. The smallest absolute Gasteiger partial charge is 0.314 e. The van der Waals surface area contributed by atoms with Crippen molar-refractivity contribution < 1.29 is 23.6 Å². The number of esters is 1. The van der Waals surface area contributed by atoms with Gasteiger partial charge in [0.2, 0.25) is 11.7 Å². The number of nitrogens with zero attached hydrogens (tertiary/aromatic N) is 2. The Bertz CT molecular complexity index is 681. The van der Waals surface area contributed by atoms with Crippen LogP contribution in [0.5, 0.6) is 5.75 Å². The number of nitro groups is 1. The third kappa shape index (κ3) is 3.52. The number of rotatable bonds is 4. The Morgan fingerprint density at radius 2 is 1.83 bits per heavy atom. The average Bonchev–Trinajstić information content (AvgIpc) is 3.39. The summed E-state index contributed by atoms with van der Waals surface area (Å²) in [7, 11) is 0. The van der Waals surface area contributed by atoms with Gasteiger partial charge in [0.25, 0.3) is 0 Å². The predicted molar refractivity (Wildman–Crippen MR) is 80.7 cm³/mol.